The molecule has 0 unspecified atom stereocenters. The molecule has 9 heteroatoms. The van der Waals surface area contributed by atoms with Crippen molar-refractivity contribution in [3.05, 3.63) is 66.2 Å². The van der Waals surface area contributed by atoms with E-state index in [2.05, 4.69) is 25.8 Å². The number of benzene rings is 2. The lowest BCUT2D eigenvalue weighted by Gasteiger charge is -2.22. The first-order chi connectivity index (χ1) is 14.7. The van der Waals surface area contributed by atoms with E-state index in [9.17, 15) is 9.18 Å². The van der Waals surface area contributed by atoms with Crippen molar-refractivity contribution >= 4 is 32.6 Å². The first-order valence-corrected chi connectivity index (χ1v) is 10.6. The third-order valence-corrected chi connectivity index (χ3v) is 6.25. The third-order valence-electron chi connectivity index (χ3n) is 5.29. The van der Waals surface area contributed by atoms with Crippen molar-refractivity contribution < 1.29 is 9.18 Å². The van der Waals surface area contributed by atoms with Crippen LogP contribution in [0.15, 0.2) is 54.9 Å². The zero-order chi connectivity index (χ0) is 20.5. The number of hydrogen-bond acceptors (Lipinski definition) is 6. The van der Waals surface area contributed by atoms with Gasteiger partial charge in [0, 0.05) is 12.1 Å². The lowest BCUT2D eigenvalue weighted by atomic mass is 10.1. The van der Waals surface area contributed by atoms with Crippen LogP contribution in [-0.4, -0.2) is 38.0 Å². The van der Waals surface area contributed by atoms with Crippen LogP contribution in [0.1, 0.15) is 29.6 Å². The van der Waals surface area contributed by atoms with Gasteiger partial charge in [-0.25, -0.2) is 9.37 Å². The topological polar surface area (TPSA) is 84.7 Å². The zero-order valence-corrected chi connectivity index (χ0v) is 16.8. The van der Waals surface area contributed by atoms with Crippen LogP contribution in [0.5, 0.6) is 0 Å². The Morgan fingerprint density at radius 1 is 1.07 bits per heavy atom. The molecule has 152 valence electrons. The minimum Gasteiger partial charge on any atom is -0.357 e. The number of anilines is 1. The van der Waals surface area contributed by atoms with Crippen molar-refractivity contribution in [1.29, 1.82) is 0 Å². The Kier molecular flexibility index (Phi) is 4.88. The number of amides is 1. The van der Waals surface area contributed by atoms with E-state index < -0.39 is 0 Å². The molecule has 30 heavy (non-hydrogen) atoms. The average Bonchev–Trinajstić information content (AvgIpc) is 3.50. The van der Waals surface area contributed by atoms with Crippen molar-refractivity contribution in [2.24, 2.45) is 0 Å². The fourth-order valence-electron chi connectivity index (χ4n) is 3.87. The molecule has 7 nitrogen and oxygen atoms in total. The number of rotatable bonds is 5. The number of halogens is 1. The van der Waals surface area contributed by atoms with Crippen LogP contribution in [0.25, 0.3) is 15.9 Å². The standard InChI is InChI=1S/C21H19FN6OS/c22-14-6-3-10-18-19(14)27-21(30-18)26-16-8-4-7-15(16)25-20(29)13-5-1-2-9-17(13)28-23-11-12-24-28/h1-3,5-6,9-12,15-16H,4,7-8H2,(H,25,29)(H,26,27)/t15-,16+/m0/s1. The van der Waals surface area contributed by atoms with Gasteiger partial charge in [-0.1, -0.05) is 29.5 Å². The summed E-state index contributed by atoms with van der Waals surface area (Å²) in [5.41, 5.74) is 1.52. The zero-order valence-electron chi connectivity index (χ0n) is 16.0. The van der Waals surface area contributed by atoms with E-state index in [1.54, 1.807) is 24.5 Å². The number of para-hydroxylation sites is 2. The first kappa shape index (κ1) is 18.7. The van der Waals surface area contributed by atoms with Gasteiger partial charge in [0.05, 0.1) is 28.3 Å². The Bertz CT molecular complexity index is 1190. The summed E-state index contributed by atoms with van der Waals surface area (Å²) in [7, 11) is 0. The Hall–Kier alpha value is -3.33. The molecule has 2 aromatic carbocycles. The van der Waals surface area contributed by atoms with Gasteiger partial charge < -0.3 is 10.6 Å². The number of aromatic nitrogens is 4. The van der Waals surface area contributed by atoms with Gasteiger partial charge in [-0.3, -0.25) is 4.79 Å². The SMILES string of the molecule is O=C(N[C@H]1CCC[C@H]1Nc1nc2c(F)cccc2s1)c1ccccc1-n1nccn1. The molecule has 4 aromatic rings. The van der Waals surface area contributed by atoms with Gasteiger partial charge in [-0.15, -0.1) is 0 Å². The van der Waals surface area contributed by atoms with Gasteiger partial charge in [0.1, 0.15) is 11.3 Å². The number of nitrogens with zero attached hydrogens (tertiary/aromatic N) is 4. The fourth-order valence-corrected chi connectivity index (χ4v) is 4.81. The smallest absolute Gasteiger partial charge is 0.253 e. The van der Waals surface area contributed by atoms with Crippen molar-refractivity contribution in [3.8, 4) is 5.69 Å². The summed E-state index contributed by atoms with van der Waals surface area (Å²) in [4.78, 5) is 18.9. The molecule has 2 aromatic heterocycles. The molecule has 1 fully saturated rings. The summed E-state index contributed by atoms with van der Waals surface area (Å²) in [6.45, 7) is 0. The molecule has 0 radical (unpaired) electrons. The number of carbonyl (C=O) groups is 1. The largest absolute Gasteiger partial charge is 0.357 e. The summed E-state index contributed by atoms with van der Waals surface area (Å²) in [5.74, 6) is -0.492. The first-order valence-electron chi connectivity index (χ1n) is 9.77. The molecule has 0 spiro atoms. The maximum absolute atomic E-state index is 14.0. The van der Waals surface area contributed by atoms with Crippen LogP contribution in [-0.2, 0) is 0 Å². The summed E-state index contributed by atoms with van der Waals surface area (Å²) < 4.78 is 14.8. The van der Waals surface area contributed by atoms with Gasteiger partial charge in [-0.05, 0) is 43.5 Å². The summed E-state index contributed by atoms with van der Waals surface area (Å²) in [6, 6.07) is 12.2. The third kappa shape index (κ3) is 3.52. The molecule has 1 amide bonds. The molecule has 1 saturated carbocycles. The Labute approximate surface area is 175 Å². The lowest BCUT2D eigenvalue weighted by Crippen LogP contribution is -2.43. The van der Waals surface area contributed by atoms with E-state index in [1.807, 2.05) is 24.3 Å². The highest BCUT2D eigenvalue weighted by Crippen LogP contribution is 2.30. The van der Waals surface area contributed by atoms with E-state index in [1.165, 1.54) is 22.2 Å². The molecule has 2 atom stereocenters. The fraction of sp³-hybridized carbons (Fsp3) is 0.238. The van der Waals surface area contributed by atoms with Crippen LogP contribution < -0.4 is 10.6 Å². The summed E-state index contributed by atoms with van der Waals surface area (Å²) in [6.07, 6.45) is 5.92. The van der Waals surface area contributed by atoms with E-state index in [0.717, 1.165) is 24.0 Å². The van der Waals surface area contributed by atoms with Crippen LogP contribution in [0.2, 0.25) is 0 Å². The quantitative estimate of drug-likeness (QED) is 0.511. The maximum Gasteiger partial charge on any atom is 0.253 e. The number of nitrogens with one attached hydrogen (secondary N) is 2. The van der Waals surface area contributed by atoms with E-state index in [0.29, 0.717) is 21.9 Å². The predicted molar refractivity (Wildman–Crippen MR) is 113 cm³/mol. The van der Waals surface area contributed by atoms with Crippen molar-refractivity contribution in [3.63, 3.8) is 0 Å². The van der Waals surface area contributed by atoms with Gasteiger partial charge in [0.15, 0.2) is 5.13 Å². The molecule has 1 aliphatic rings. The molecule has 5 rings (SSSR count). The summed E-state index contributed by atoms with van der Waals surface area (Å²) >= 11 is 1.42. The lowest BCUT2D eigenvalue weighted by molar-refractivity contribution is 0.0935. The number of carbonyl (C=O) groups excluding carboxylic acids is 1. The molecule has 2 heterocycles. The molecule has 1 aliphatic carbocycles. The van der Waals surface area contributed by atoms with Gasteiger partial charge in [-0.2, -0.15) is 15.0 Å². The van der Waals surface area contributed by atoms with Crippen molar-refractivity contribution in [1.82, 2.24) is 25.3 Å². The summed E-state index contributed by atoms with van der Waals surface area (Å²) in [5, 5.41) is 15.5. The molecule has 0 saturated heterocycles. The minimum absolute atomic E-state index is 0.0348. The Balaban J connectivity index is 1.33. The number of hydrogen-bond donors (Lipinski definition) is 2. The van der Waals surface area contributed by atoms with Crippen molar-refractivity contribution in [2.45, 2.75) is 31.3 Å². The van der Waals surface area contributed by atoms with Crippen molar-refractivity contribution in [2.75, 3.05) is 5.32 Å². The monoisotopic (exact) mass is 422 g/mol. The minimum atomic E-state index is -0.322. The van der Waals surface area contributed by atoms with E-state index in [-0.39, 0.29) is 23.8 Å². The van der Waals surface area contributed by atoms with Crippen LogP contribution in [0, 0.1) is 5.82 Å². The normalized spacial score (nSPS) is 18.6. The predicted octanol–water partition coefficient (Wildman–Crippen LogP) is 3.78. The Morgan fingerprint density at radius 2 is 1.87 bits per heavy atom. The highest BCUT2D eigenvalue weighted by Gasteiger charge is 2.30. The number of fused-ring (bicyclic) bond motifs is 1. The molecule has 2 N–H and O–H groups in total. The molecular formula is C21H19FN6OS. The van der Waals surface area contributed by atoms with Crippen LogP contribution >= 0.6 is 11.3 Å². The second kappa shape index (κ2) is 7.83. The molecule has 0 bridgehead atoms. The highest BCUT2D eigenvalue weighted by molar-refractivity contribution is 7.22. The average molecular weight is 422 g/mol. The maximum atomic E-state index is 14.0. The van der Waals surface area contributed by atoms with E-state index in [4.69, 9.17) is 0 Å². The number of thiazole rings is 1. The second-order valence-corrected chi connectivity index (χ2v) is 8.23. The van der Waals surface area contributed by atoms with Crippen LogP contribution in [0.3, 0.4) is 0 Å². The van der Waals surface area contributed by atoms with Crippen LogP contribution in [0.4, 0.5) is 9.52 Å². The molecular weight excluding hydrogens is 403 g/mol. The van der Waals surface area contributed by atoms with Gasteiger partial charge in [0.25, 0.3) is 5.91 Å². The second-order valence-electron chi connectivity index (χ2n) is 7.20. The Morgan fingerprint density at radius 3 is 2.70 bits per heavy atom. The van der Waals surface area contributed by atoms with Gasteiger partial charge in [0.2, 0.25) is 0 Å². The molecule has 0 aliphatic heterocycles. The van der Waals surface area contributed by atoms with Gasteiger partial charge >= 0.3 is 0 Å². The van der Waals surface area contributed by atoms with E-state index >= 15 is 0 Å². The highest BCUT2D eigenvalue weighted by atomic mass is 32.1.